The van der Waals surface area contributed by atoms with E-state index in [0.717, 1.165) is 30.1 Å². The van der Waals surface area contributed by atoms with Gasteiger partial charge in [0.15, 0.2) is 0 Å². The van der Waals surface area contributed by atoms with Crippen LogP contribution in [0.25, 0.3) is 11.3 Å². The summed E-state index contributed by atoms with van der Waals surface area (Å²) in [7, 11) is 0. The van der Waals surface area contributed by atoms with Crippen molar-refractivity contribution in [1.82, 2.24) is 25.2 Å². The highest BCUT2D eigenvalue weighted by atomic mass is 16.5. The van der Waals surface area contributed by atoms with Gasteiger partial charge in [0, 0.05) is 24.6 Å². The van der Waals surface area contributed by atoms with E-state index in [1.54, 1.807) is 6.92 Å². The average Bonchev–Trinajstić information content (AvgIpc) is 3.19. The topological polar surface area (TPSA) is 85.8 Å². The minimum Gasteiger partial charge on any atom is -0.360 e. The number of aryl methyl sites for hydroxylation is 3. The van der Waals surface area contributed by atoms with Gasteiger partial charge in [0.2, 0.25) is 0 Å². The van der Waals surface area contributed by atoms with Crippen LogP contribution in [0.4, 0.5) is 0 Å². The molecule has 0 aliphatic carbocycles. The molecule has 0 bridgehead atoms. The molecule has 0 radical (unpaired) electrons. The van der Waals surface area contributed by atoms with E-state index in [9.17, 15) is 4.79 Å². The molecule has 25 heavy (non-hydrogen) atoms. The van der Waals surface area contributed by atoms with Crippen molar-refractivity contribution in [3.63, 3.8) is 0 Å². The van der Waals surface area contributed by atoms with Gasteiger partial charge in [-0.05, 0) is 20.3 Å². The number of aromatic nitrogens is 4. The zero-order valence-corrected chi connectivity index (χ0v) is 14.2. The number of hydrogen-bond acceptors (Lipinski definition) is 5. The van der Waals surface area contributed by atoms with E-state index in [1.165, 1.54) is 0 Å². The molecule has 0 saturated heterocycles. The van der Waals surface area contributed by atoms with Crippen LogP contribution in [-0.2, 0) is 13.0 Å². The lowest BCUT2D eigenvalue weighted by Crippen LogP contribution is -2.41. The summed E-state index contributed by atoms with van der Waals surface area (Å²) in [6.45, 7) is 4.38. The molecule has 3 heterocycles. The van der Waals surface area contributed by atoms with Crippen LogP contribution in [-0.4, -0.2) is 31.9 Å². The number of benzene rings is 1. The fourth-order valence-electron chi connectivity index (χ4n) is 3.27. The first-order chi connectivity index (χ1) is 12.1. The van der Waals surface area contributed by atoms with Crippen LogP contribution in [0.2, 0.25) is 0 Å². The molecule has 4 rings (SSSR count). The zero-order chi connectivity index (χ0) is 17.4. The van der Waals surface area contributed by atoms with Gasteiger partial charge in [-0.3, -0.25) is 4.79 Å². The summed E-state index contributed by atoms with van der Waals surface area (Å²) in [5.74, 6) is 2.22. The number of amides is 1. The first-order valence-corrected chi connectivity index (χ1v) is 8.34. The first-order valence-electron chi connectivity index (χ1n) is 8.34. The molecule has 128 valence electrons. The van der Waals surface area contributed by atoms with Gasteiger partial charge in [0.25, 0.3) is 5.91 Å². The molecule has 7 nitrogen and oxygen atoms in total. The molecule has 3 aromatic rings. The molecule has 7 heteroatoms. The van der Waals surface area contributed by atoms with Crippen molar-refractivity contribution in [3.05, 3.63) is 53.3 Å². The Morgan fingerprint density at radius 1 is 1.24 bits per heavy atom. The summed E-state index contributed by atoms with van der Waals surface area (Å²) in [6.07, 6.45) is 1.65. The van der Waals surface area contributed by atoms with Crippen molar-refractivity contribution in [2.45, 2.75) is 39.3 Å². The van der Waals surface area contributed by atoms with Gasteiger partial charge in [-0.2, -0.15) is 0 Å². The predicted octanol–water partition coefficient (Wildman–Crippen LogP) is 2.29. The summed E-state index contributed by atoms with van der Waals surface area (Å²) in [4.78, 5) is 12.9. The number of nitrogens with zero attached hydrogens (tertiary/aromatic N) is 4. The predicted molar refractivity (Wildman–Crippen MR) is 91.0 cm³/mol. The zero-order valence-electron chi connectivity index (χ0n) is 14.2. The fraction of sp³-hybridized carbons (Fsp3) is 0.333. The lowest BCUT2D eigenvalue weighted by Gasteiger charge is -2.24. The highest BCUT2D eigenvalue weighted by Crippen LogP contribution is 2.25. The van der Waals surface area contributed by atoms with Crippen LogP contribution in [0.5, 0.6) is 0 Å². The highest BCUT2D eigenvalue weighted by molar-refractivity contribution is 6.00. The van der Waals surface area contributed by atoms with Gasteiger partial charge in [0.05, 0.1) is 0 Å². The van der Waals surface area contributed by atoms with Crippen molar-refractivity contribution in [3.8, 4) is 11.3 Å². The summed E-state index contributed by atoms with van der Waals surface area (Å²) in [5, 5.41) is 15.5. The van der Waals surface area contributed by atoms with Crippen LogP contribution in [0.3, 0.4) is 0 Å². The number of carbonyl (C=O) groups excluding carboxylic acids is 1. The van der Waals surface area contributed by atoms with Crippen molar-refractivity contribution in [2.75, 3.05) is 0 Å². The molecule has 2 aromatic heterocycles. The molecule has 1 amide bonds. The third kappa shape index (κ3) is 2.82. The second-order valence-electron chi connectivity index (χ2n) is 6.31. The van der Waals surface area contributed by atoms with Gasteiger partial charge < -0.3 is 14.4 Å². The van der Waals surface area contributed by atoms with E-state index in [4.69, 9.17) is 4.52 Å². The number of rotatable bonds is 3. The molecule has 0 spiro atoms. The van der Waals surface area contributed by atoms with Gasteiger partial charge in [-0.25, -0.2) is 0 Å². The molecule has 0 fully saturated rings. The number of nitrogens with one attached hydrogen (secondary N) is 1. The smallest absolute Gasteiger partial charge is 0.257 e. The van der Waals surface area contributed by atoms with E-state index < -0.39 is 0 Å². The van der Waals surface area contributed by atoms with Crippen LogP contribution in [0.15, 0.2) is 34.9 Å². The molecule has 1 aromatic carbocycles. The van der Waals surface area contributed by atoms with Crippen molar-refractivity contribution >= 4 is 5.91 Å². The van der Waals surface area contributed by atoms with Crippen LogP contribution < -0.4 is 5.32 Å². The second kappa shape index (κ2) is 6.16. The van der Waals surface area contributed by atoms with E-state index in [1.807, 2.05) is 37.3 Å². The Bertz CT molecular complexity index is 913. The Balaban J connectivity index is 1.57. The lowest BCUT2D eigenvalue weighted by molar-refractivity contribution is 0.0926. The Hall–Kier alpha value is -2.96. The number of carbonyl (C=O) groups is 1. The molecule has 1 aliphatic heterocycles. The van der Waals surface area contributed by atoms with E-state index in [2.05, 4.69) is 25.2 Å². The second-order valence-corrected chi connectivity index (χ2v) is 6.31. The maximum absolute atomic E-state index is 12.9. The van der Waals surface area contributed by atoms with Gasteiger partial charge in [-0.15, -0.1) is 10.2 Å². The van der Waals surface area contributed by atoms with E-state index in [-0.39, 0.29) is 11.9 Å². The standard InChI is InChI=1S/C18H19N5O2/c1-11-16(17(22-25-11)13-6-4-3-5-7-13)18(24)19-14-8-9-15-21-20-12(2)23(15)10-14/h3-7,14H,8-10H2,1-2H3,(H,19,24)/t14-/m1/s1. The minimum absolute atomic E-state index is 0.0348. The van der Waals surface area contributed by atoms with Crippen LogP contribution in [0, 0.1) is 13.8 Å². The van der Waals surface area contributed by atoms with Crippen molar-refractivity contribution < 1.29 is 9.32 Å². The SMILES string of the molecule is Cc1onc(-c2ccccc2)c1C(=O)N[C@@H]1CCc2nnc(C)n2C1. The van der Waals surface area contributed by atoms with Gasteiger partial charge >= 0.3 is 0 Å². The lowest BCUT2D eigenvalue weighted by atomic mass is 10.0. The third-order valence-electron chi connectivity index (χ3n) is 4.60. The first kappa shape index (κ1) is 15.6. The normalized spacial score (nSPS) is 16.5. The number of fused-ring (bicyclic) bond motifs is 1. The third-order valence-corrected chi connectivity index (χ3v) is 4.60. The van der Waals surface area contributed by atoms with Gasteiger partial charge in [0.1, 0.15) is 28.7 Å². The monoisotopic (exact) mass is 337 g/mol. The minimum atomic E-state index is -0.156. The molecular weight excluding hydrogens is 318 g/mol. The van der Waals surface area contributed by atoms with E-state index in [0.29, 0.717) is 23.6 Å². The molecule has 0 unspecified atom stereocenters. The van der Waals surface area contributed by atoms with Crippen LogP contribution in [0.1, 0.15) is 34.2 Å². The van der Waals surface area contributed by atoms with Crippen molar-refractivity contribution in [2.24, 2.45) is 0 Å². The average molecular weight is 337 g/mol. The highest BCUT2D eigenvalue weighted by Gasteiger charge is 2.27. The molecule has 0 saturated carbocycles. The summed E-state index contributed by atoms with van der Waals surface area (Å²) < 4.78 is 7.35. The van der Waals surface area contributed by atoms with Crippen molar-refractivity contribution in [1.29, 1.82) is 0 Å². The van der Waals surface area contributed by atoms with E-state index >= 15 is 0 Å². The summed E-state index contributed by atoms with van der Waals surface area (Å²) >= 11 is 0. The summed E-state index contributed by atoms with van der Waals surface area (Å²) in [6, 6.07) is 9.63. The molecule has 1 N–H and O–H groups in total. The Kier molecular flexibility index (Phi) is 3.83. The fourth-order valence-corrected chi connectivity index (χ4v) is 3.27. The van der Waals surface area contributed by atoms with Gasteiger partial charge in [-0.1, -0.05) is 35.5 Å². The number of hydrogen-bond donors (Lipinski definition) is 1. The van der Waals surface area contributed by atoms with Crippen LogP contribution >= 0.6 is 0 Å². The Morgan fingerprint density at radius 3 is 2.84 bits per heavy atom. The summed E-state index contributed by atoms with van der Waals surface area (Å²) in [5.41, 5.74) is 1.94. The maximum Gasteiger partial charge on any atom is 0.257 e. The molecular formula is C18H19N5O2. The molecule has 1 atom stereocenters. The Labute approximate surface area is 145 Å². The Morgan fingerprint density at radius 2 is 2.04 bits per heavy atom. The quantitative estimate of drug-likeness (QED) is 0.792. The maximum atomic E-state index is 12.9. The largest absolute Gasteiger partial charge is 0.360 e. The molecule has 1 aliphatic rings.